The Labute approximate surface area is 151 Å². The molecule has 5 nitrogen and oxygen atoms in total. The number of fused-ring (bicyclic) bond motifs is 2. The maximum atomic E-state index is 12.5. The lowest BCUT2D eigenvalue weighted by molar-refractivity contribution is -0.110. The van der Waals surface area contributed by atoms with Crippen molar-refractivity contribution >= 4 is 34.1 Å². The number of hydrogen-bond acceptors (Lipinski definition) is 3. The Balaban J connectivity index is 1.88. The Morgan fingerprint density at radius 1 is 0.962 bits per heavy atom. The molecule has 3 aromatic rings. The van der Waals surface area contributed by atoms with E-state index in [4.69, 9.17) is 9.47 Å². The number of anilines is 1. The fourth-order valence-electron chi connectivity index (χ4n) is 3.46. The molecule has 0 atom stereocenters. The fraction of sp³-hybridized carbons (Fsp3) is 0.190. The van der Waals surface area contributed by atoms with E-state index in [1.807, 2.05) is 50.4 Å². The quantitative estimate of drug-likeness (QED) is 0.694. The van der Waals surface area contributed by atoms with E-state index in [-0.39, 0.29) is 5.91 Å². The van der Waals surface area contributed by atoms with Gasteiger partial charge in [0.2, 0.25) is 0 Å². The van der Waals surface area contributed by atoms with E-state index < -0.39 is 0 Å². The molecule has 0 fully saturated rings. The highest BCUT2D eigenvalue weighted by Crippen LogP contribution is 2.38. The number of aromatic amines is 1. The highest BCUT2D eigenvalue weighted by Gasteiger charge is 2.26. The zero-order valence-corrected chi connectivity index (χ0v) is 15.2. The molecule has 0 saturated carbocycles. The summed E-state index contributed by atoms with van der Waals surface area (Å²) in [6, 6.07) is 7.89. The summed E-state index contributed by atoms with van der Waals surface area (Å²) < 4.78 is 10.9. The number of ether oxygens (including phenoxy) is 2. The van der Waals surface area contributed by atoms with Crippen molar-refractivity contribution in [2.45, 2.75) is 13.8 Å². The van der Waals surface area contributed by atoms with Gasteiger partial charge in [0.1, 0.15) is 11.5 Å². The van der Waals surface area contributed by atoms with Gasteiger partial charge < -0.3 is 19.8 Å². The Morgan fingerprint density at radius 3 is 2.38 bits per heavy atom. The first-order valence-corrected chi connectivity index (χ1v) is 8.39. The maximum absolute atomic E-state index is 12.5. The molecule has 0 unspecified atom stereocenters. The predicted octanol–water partition coefficient (Wildman–Crippen LogP) is 4.29. The number of H-pyrrole nitrogens is 1. The number of aromatic nitrogens is 1. The summed E-state index contributed by atoms with van der Waals surface area (Å²) in [5.74, 6) is 1.48. The van der Waals surface area contributed by atoms with Crippen molar-refractivity contribution in [3.05, 3.63) is 52.7 Å². The molecule has 0 radical (unpaired) electrons. The SMILES string of the molecule is COc1cc2c(cc1C)NC(=O)/C2=C\c1c[nH]c2cc(C)c(OC)cc12. The van der Waals surface area contributed by atoms with Gasteiger partial charge in [0, 0.05) is 39.5 Å². The van der Waals surface area contributed by atoms with Gasteiger partial charge in [-0.25, -0.2) is 0 Å². The first-order chi connectivity index (χ1) is 12.5. The Hall–Kier alpha value is -3.21. The molecule has 0 spiro atoms. The predicted molar refractivity (Wildman–Crippen MR) is 104 cm³/mol. The summed E-state index contributed by atoms with van der Waals surface area (Å²) in [6.07, 6.45) is 3.82. The summed E-state index contributed by atoms with van der Waals surface area (Å²) >= 11 is 0. The molecule has 2 aromatic carbocycles. The van der Waals surface area contributed by atoms with Crippen LogP contribution in [0.25, 0.3) is 22.6 Å². The van der Waals surface area contributed by atoms with Crippen LogP contribution in [0.4, 0.5) is 5.69 Å². The molecule has 2 N–H and O–H groups in total. The fourth-order valence-corrected chi connectivity index (χ4v) is 3.46. The third-order valence-corrected chi connectivity index (χ3v) is 4.85. The van der Waals surface area contributed by atoms with E-state index in [0.717, 1.165) is 50.3 Å². The number of benzene rings is 2. The molecule has 0 bridgehead atoms. The van der Waals surface area contributed by atoms with Crippen LogP contribution in [-0.4, -0.2) is 25.1 Å². The number of methoxy groups -OCH3 is 2. The van der Waals surface area contributed by atoms with Gasteiger partial charge in [0.25, 0.3) is 5.91 Å². The van der Waals surface area contributed by atoms with Crippen LogP contribution in [0.1, 0.15) is 22.3 Å². The Bertz CT molecular complexity index is 1080. The molecule has 26 heavy (non-hydrogen) atoms. The zero-order chi connectivity index (χ0) is 18.4. The highest BCUT2D eigenvalue weighted by atomic mass is 16.5. The standard InChI is InChI=1S/C21H20N2O3/c1-11-5-17-14(8-19(11)25-3)13(10-22-17)7-16-15-9-20(26-4)12(2)6-18(15)23-21(16)24/h5-10,22H,1-4H3,(H,23,24)/b16-7-. The first-order valence-electron chi connectivity index (χ1n) is 8.39. The van der Waals surface area contributed by atoms with E-state index >= 15 is 0 Å². The van der Waals surface area contributed by atoms with E-state index in [1.54, 1.807) is 14.2 Å². The Morgan fingerprint density at radius 2 is 1.65 bits per heavy atom. The number of carbonyl (C=O) groups is 1. The van der Waals surface area contributed by atoms with Crippen LogP contribution in [0.5, 0.6) is 11.5 Å². The summed E-state index contributed by atoms with van der Waals surface area (Å²) in [5.41, 5.74) is 6.29. The summed E-state index contributed by atoms with van der Waals surface area (Å²) in [6.45, 7) is 3.97. The molecule has 132 valence electrons. The monoisotopic (exact) mass is 348 g/mol. The second kappa shape index (κ2) is 5.95. The Kier molecular flexibility index (Phi) is 3.72. The van der Waals surface area contributed by atoms with Crippen LogP contribution in [0.3, 0.4) is 0 Å². The average Bonchev–Trinajstić information content (AvgIpc) is 3.14. The van der Waals surface area contributed by atoms with Gasteiger partial charge in [0.15, 0.2) is 0 Å². The van der Waals surface area contributed by atoms with Gasteiger partial charge in [-0.2, -0.15) is 0 Å². The van der Waals surface area contributed by atoms with Crippen LogP contribution < -0.4 is 14.8 Å². The van der Waals surface area contributed by atoms with Crippen molar-refractivity contribution in [3.8, 4) is 11.5 Å². The molecule has 0 saturated heterocycles. The van der Waals surface area contributed by atoms with Crippen LogP contribution in [0, 0.1) is 13.8 Å². The van der Waals surface area contributed by atoms with Crippen molar-refractivity contribution in [2.75, 3.05) is 19.5 Å². The molecular weight excluding hydrogens is 328 g/mol. The number of hydrogen-bond donors (Lipinski definition) is 2. The average molecular weight is 348 g/mol. The van der Waals surface area contributed by atoms with Crippen LogP contribution in [0.15, 0.2) is 30.5 Å². The number of amides is 1. The molecule has 4 rings (SSSR count). The van der Waals surface area contributed by atoms with Gasteiger partial charge in [-0.3, -0.25) is 4.79 Å². The van der Waals surface area contributed by atoms with Gasteiger partial charge in [-0.1, -0.05) is 0 Å². The third-order valence-electron chi connectivity index (χ3n) is 4.85. The minimum atomic E-state index is -0.110. The summed E-state index contributed by atoms with van der Waals surface area (Å²) in [4.78, 5) is 15.8. The number of aryl methyl sites for hydroxylation is 2. The highest BCUT2D eigenvalue weighted by molar-refractivity contribution is 6.35. The van der Waals surface area contributed by atoms with Gasteiger partial charge in [-0.05, 0) is 55.3 Å². The molecule has 1 aliphatic rings. The van der Waals surface area contributed by atoms with Crippen molar-refractivity contribution in [1.82, 2.24) is 4.98 Å². The number of carbonyl (C=O) groups excluding carboxylic acids is 1. The van der Waals surface area contributed by atoms with Crippen molar-refractivity contribution in [1.29, 1.82) is 0 Å². The molecule has 1 aromatic heterocycles. The minimum Gasteiger partial charge on any atom is -0.496 e. The minimum absolute atomic E-state index is 0.110. The number of rotatable bonds is 3. The van der Waals surface area contributed by atoms with Crippen LogP contribution in [-0.2, 0) is 4.79 Å². The first kappa shape index (κ1) is 16.3. The van der Waals surface area contributed by atoms with E-state index in [0.29, 0.717) is 5.57 Å². The van der Waals surface area contributed by atoms with E-state index in [9.17, 15) is 4.79 Å². The van der Waals surface area contributed by atoms with Crippen molar-refractivity contribution in [2.24, 2.45) is 0 Å². The lowest BCUT2D eigenvalue weighted by atomic mass is 10.0. The largest absolute Gasteiger partial charge is 0.496 e. The summed E-state index contributed by atoms with van der Waals surface area (Å²) in [7, 11) is 3.30. The molecule has 2 heterocycles. The second-order valence-corrected chi connectivity index (χ2v) is 6.49. The van der Waals surface area contributed by atoms with Gasteiger partial charge in [0.05, 0.1) is 14.2 Å². The molecular formula is C21H20N2O3. The van der Waals surface area contributed by atoms with Gasteiger partial charge in [-0.15, -0.1) is 0 Å². The van der Waals surface area contributed by atoms with Crippen molar-refractivity contribution < 1.29 is 14.3 Å². The number of nitrogens with one attached hydrogen (secondary N) is 2. The lowest BCUT2D eigenvalue weighted by Gasteiger charge is -2.07. The molecule has 5 heteroatoms. The third kappa shape index (κ3) is 2.44. The summed E-state index contributed by atoms with van der Waals surface area (Å²) in [5, 5.41) is 3.95. The molecule has 0 aliphatic carbocycles. The second-order valence-electron chi connectivity index (χ2n) is 6.49. The van der Waals surface area contributed by atoms with Gasteiger partial charge >= 0.3 is 0 Å². The normalized spacial score (nSPS) is 14.6. The van der Waals surface area contributed by atoms with Crippen LogP contribution in [0.2, 0.25) is 0 Å². The topological polar surface area (TPSA) is 63.3 Å². The van der Waals surface area contributed by atoms with E-state index in [1.165, 1.54) is 0 Å². The molecule has 1 amide bonds. The van der Waals surface area contributed by atoms with E-state index in [2.05, 4.69) is 10.3 Å². The van der Waals surface area contributed by atoms with Crippen molar-refractivity contribution in [3.63, 3.8) is 0 Å². The van der Waals surface area contributed by atoms with Crippen LogP contribution >= 0.6 is 0 Å². The maximum Gasteiger partial charge on any atom is 0.256 e. The lowest BCUT2D eigenvalue weighted by Crippen LogP contribution is -2.03. The zero-order valence-electron chi connectivity index (χ0n) is 15.2. The smallest absolute Gasteiger partial charge is 0.256 e. The molecule has 1 aliphatic heterocycles.